The molecule has 0 unspecified atom stereocenters. The zero-order valence-electron chi connectivity index (χ0n) is 31.5. The smallest absolute Gasteiger partial charge is 0.133 e. The summed E-state index contributed by atoms with van der Waals surface area (Å²) in [5.41, 5.74) is 0. The monoisotopic (exact) mass is 774 g/mol. The highest BCUT2D eigenvalue weighted by Crippen LogP contribution is 2.50. The van der Waals surface area contributed by atoms with E-state index in [1.165, 1.54) is 156 Å². The van der Waals surface area contributed by atoms with Gasteiger partial charge >= 0.3 is 0 Å². The molecule has 0 atom stereocenters. The Morgan fingerprint density at radius 3 is 1.17 bits per heavy atom. The molecule has 0 bridgehead atoms. The van der Waals surface area contributed by atoms with Gasteiger partial charge in [0.25, 0.3) is 0 Å². The highest BCUT2D eigenvalue weighted by Gasteiger charge is 2.22. The minimum Gasteiger partial charge on any atom is -0.493 e. The number of benzene rings is 2. The van der Waals surface area contributed by atoms with Gasteiger partial charge in [-0.25, -0.2) is 9.97 Å². The van der Waals surface area contributed by atoms with E-state index in [1.807, 2.05) is 35.1 Å². The summed E-state index contributed by atoms with van der Waals surface area (Å²) in [7, 11) is 0. The van der Waals surface area contributed by atoms with Crippen LogP contribution in [-0.4, -0.2) is 23.2 Å². The molecule has 2 aromatic carbocycles. The van der Waals surface area contributed by atoms with Crippen molar-refractivity contribution in [3.63, 3.8) is 0 Å². The van der Waals surface area contributed by atoms with Gasteiger partial charge in [-0.1, -0.05) is 129 Å². The number of rotatable bonds is 26. The average Bonchev–Trinajstić information content (AvgIpc) is 3.99. The van der Waals surface area contributed by atoms with E-state index < -0.39 is 0 Å². The molecule has 0 amide bonds. The molecular weight excluding hydrogens is 717 g/mol. The van der Waals surface area contributed by atoms with Crippen molar-refractivity contribution >= 4 is 76.3 Å². The van der Waals surface area contributed by atoms with Gasteiger partial charge in [0, 0.05) is 43.3 Å². The minimum atomic E-state index is 0.733. The fraction of sp³-hybridized carbons (Fsp3) is 0.545. The molecule has 280 valence electrons. The topological polar surface area (TPSA) is 44.2 Å². The molecule has 52 heavy (non-hydrogen) atoms. The number of aromatic nitrogens is 2. The Morgan fingerprint density at radius 1 is 0.462 bits per heavy atom. The van der Waals surface area contributed by atoms with Crippen LogP contribution in [0.4, 0.5) is 0 Å². The second-order valence-electron chi connectivity index (χ2n) is 14.3. The van der Waals surface area contributed by atoms with Crippen LogP contribution in [-0.2, 0) is 0 Å². The summed E-state index contributed by atoms with van der Waals surface area (Å²) in [6, 6.07) is 9.18. The summed E-state index contributed by atoms with van der Waals surface area (Å²) < 4.78 is 16.1. The number of hydrogen-bond acceptors (Lipinski definition) is 8. The van der Waals surface area contributed by atoms with Crippen LogP contribution in [0.3, 0.4) is 0 Å². The molecule has 8 heteroatoms. The number of fused-ring (bicyclic) bond motifs is 5. The van der Waals surface area contributed by atoms with Crippen LogP contribution in [0.25, 0.3) is 50.7 Å². The number of nitrogens with zero attached hydrogens (tertiary/aromatic N) is 2. The number of thiophene rings is 2. The SMILES string of the molecule is CCCCCCCCCCCCOc1cc2cc(-c3nccs3)sc2c2c(OCCCCCCCCCCCC)cc3cc(-c4nccs4)sc3c12. The summed E-state index contributed by atoms with van der Waals surface area (Å²) >= 11 is 7.07. The molecule has 0 fully saturated rings. The highest BCUT2D eigenvalue weighted by molar-refractivity contribution is 7.27. The maximum absolute atomic E-state index is 6.80. The quantitative estimate of drug-likeness (QED) is 0.0515. The summed E-state index contributed by atoms with van der Waals surface area (Å²) in [4.78, 5) is 11.7. The lowest BCUT2D eigenvalue weighted by Gasteiger charge is -2.15. The molecule has 4 nitrogen and oxygen atoms in total. The Labute approximate surface area is 328 Å². The van der Waals surface area contributed by atoms with Crippen LogP contribution >= 0.6 is 45.3 Å². The number of thiazole rings is 2. The lowest BCUT2D eigenvalue weighted by atomic mass is 10.0. The van der Waals surface area contributed by atoms with Gasteiger partial charge in [0.05, 0.1) is 23.0 Å². The summed E-state index contributed by atoms with van der Waals surface area (Å²) in [5, 5.41) is 11.1. The lowest BCUT2D eigenvalue weighted by molar-refractivity contribution is 0.305. The summed E-state index contributed by atoms with van der Waals surface area (Å²) in [6.45, 7) is 6.05. The second kappa shape index (κ2) is 21.4. The van der Waals surface area contributed by atoms with E-state index in [2.05, 4.69) is 58.8 Å². The maximum Gasteiger partial charge on any atom is 0.133 e. The molecule has 0 aliphatic rings. The van der Waals surface area contributed by atoms with E-state index in [9.17, 15) is 0 Å². The van der Waals surface area contributed by atoms with Crippen molar-refractivity contribution in [2.45, 2.75) is 142 Å². The van der Waals surface area contributed by atoms with Gasteiger partial charge in [0.2, 0.25) is 0 Å². The van der Waals surface area contributed by atoms with Crippen molar-refractivity contribution in [1.29, 1.82) is 0 Å². The fourth-order valence-corrected chi connectivity index (χ4v) is 11.0. The van der Waals surface area contributed by atoms with Crippen molar-refractivity contribution in [2.75, 3.05) is 13.2 Å². The predicted molar refractivity (Wildman–Crippen MR) is 232 cm³/mol. The van der Waals surface area contributed by atoms with Crippen LogP contribution in [0.1, 0.15) is 142 Å². The van der Waals surface area contributed by atoms with E-state index in [-0.39, 0.29) is 0 Å². The van der Waals surface area contributed by atoms with Crippen LogP contribution in [0.5, 0.6) is 11.5 Å². The van der Waals surface area contributed by atoms with E-state index in [0.29, 0.717) is 0 Å². The Hall–Kier alpha value is -2.52. The third-order valence-corrected chi connectivity index (χ3v) is 14.3. The molecule has 0 aliphatic heterocycles. The molecule has 0 spiro atoms. The third kappa shape index (κ3) is 10.8. The van der Waals surface area contributed by atoms with Gasteiger partial charge in [-0.2, -0.15) is 0 Å². The Morgan fingerprint density at radius 2 is 0.827 bits per heavy atom. The van der Waals surface area contributed by atoms with Gasteiger partial charge in [0.15, 0.2) is 0 Å². The van der Waals surface area contributed by atoms with E-state index in [1.54, 1.807) is 22.7 Å². The van der Waals surface area contributed by atoms with Gasteiger partial charge in [0.1, 0.15) is 21.5 Å². The minimum absolute atomic E-state index is 0.733. The van der Waals surface area contributed by atoms with Gasteiger partial charge < -0.3 is 9.47 Å². The van der Waals surface area contributed by atoms with Gasteiger partial charge in [-0.3, -0.25) is 0 Å². The molecular formula is C44H58N2O2S4. The molecule has 0 saturated carbocycles. The Balaban J connectivity index is 1.22. The molecule has 6 aromatic rings. The predicted octanol–water partition coefficient (Wildman–Crippen LogP) is 16.1. The molecule has 4 heterocycles. The van der Waals surface area contributed by atoms with E-state index in [0.717, 1.165) is 47.6 Å². The van der Waals surface area contributed by atoms with E-state index in [4.69, 9.17) is 9.47 Å². The molecule has 0 radical (unpaired) electrons. The Bertz CT molecular complexity index is 1750. The van der Waals surface area contributed by atoms with Crippen molar-refractivity contribution < 1.29 is 9.47 Å². The first-order chi connectivity index (χ1) is 25.8. The number of unbranched alkanes of at least 4 members (excludes halogenated alkanes) is 18. The average molecular weight is 775 g/mol. The van der Waals surface area contributed by atoms with Crippen molar-refractivity contribution in [2.24, 2.45) is 0 Å². The number of hydrogen-bond donors (Lipinski definition) is 0. The molecule has 0 N–H and O–H groups in total. The second-order valence-corrected chi connectivity index (χ2v) is 18.2. The van der Waals surface area contributed by atoms with Crippen LogP contribution in [0.15, 0.2) is 47.4 Å². The van der Waals surface area contributed by atoms with Crippen LogP contribution in [0.2, 0.25) is 0 Å². The standard InChI is InChI=1S/C44H58N2O2S4/c1-3-5-7-9-11-13-15-17-19-21-25-47-35-29-33-31-37(43-45-23-27-49-43)52-42(33)40-36(48-26-22-20-18-16-14-12-10-8-6-4-2)30-34-32-38(44-46-24-28-50-44)51-41(34)39(35)40/h23-24,27-32H,3-22,25-26H2,1-2H3. The first kappa shape index (κ1) is 39.2. The zero-order chi connectivity index (χ0) is 35.8. The first-order valence-corrected chi connectivity index (χ1v) is 23.7. The normalized spacial score (nSPS) is 11.8. The fourth-order valence-electron chi connectivity index (χ4n) is 7.21. The highest BCUT2D eigenvalue weighted by atomic mass is 32.1. The third-order valence-electron chi connectivity index (χ3n) is 10.1. The lowest BCUT2D eigenvalue weighted by Crippen LogP contribution is -2.00. The van der Waals surface area contributed by atoms with Crippen LogP contribution < -0.4 is 9.47 Å². The van der Waals surface area contributed by atoms with Crippen molar-refractivity contribution in [1.82, 2.24) is 9.97 Å². The molecule has 0 saturated heterocycles. The van der Waals surface area contributed by atoms with Crippen molar-refractivity contribution in [3.8, 4) is 31.3 Å². The largest absolute Gasteiger partial charge is 0.493 e. The van der Waals surface area contributed by atoms with Crippen LogP contribution in [0, 0.1) is 0 Å². The molecule has 4 aromatic heterocycles. The Kier molecular flexibility index (Phi) is 16.1. The first-order valence-electron chi connectivity index (χ1n) is 20.3. The molecule has 6 rings (SSSR count). The maximum atomic E-state index is 6.80. The van der Waals surface area contributed by atoms with Gasteiger partial charge in [-0.05, 0) is 47.9 Å². The summed E-state index contributed by atoms with van der Waals surface area (Å²) in [5.74, 6) is 1.95. The van der Waals surface area contributed by atoms with E-state index >= 15 is 0 Å². The molecule has 0 aliphatic carbocycles. The van der Waals surface area contributed by atoms with Gasteiger partial charge in [-0.15, -0.1) is 45.3 Å². The van der Waals surface area contributed by atoms with Crippen molar-refractivity contribution in [3.05, 3.63) is 47.4 Å². The zero-order valence-corrected chi connectivity index (χ0v) is 34.8. The number of ether oxygens (including phenoxy) is 2. The summed E-state index contributed by atoms with van der Waals surface area (Å²) in [6.07, 6.45) is 30.2.